The first-order valence-corrected chi connectivity index (χ1v) is 8.88. The number of nitrogens with one attached hydrogen (secondary N) is 1. The van der Waals surface area contributed by atoms with Gasteiger partial charge in [0.05, 0.1) is 18.5 Å². The third kappa shape index (κ3) is 3.28. The van der Waals surface area contributed by atoms with Gasteiger partial charge in [-0.1, -0.05) is 0 Å². The molecule has 1 saturated heterocycles. The molecule has 6 heteroatoms. The average Bonchev–Trinajstić information content (AvgIpc) is 2.97. The summed E-state index contributed by atoms with van der Waals surface area (Å²) in [5.41, 5.74) is 3.20. The quantitative estimate of drug-likeness (QED) is 0.785. The van der Waals surface area contributed by atoms with E-state index < -0.39 is 0 Å². The van der Waals surface area contributed by atoms with E-state index in [0.29, 0.717) is 11.3 Å². The molecule has 1 aromatic carbocycles. The summed E-state index contributed by atoms with van der Waals surface area (Å²) in [6, 6.07) is 13.1. The standard InChI is InChI=1S/C20H22N4O2/c1-26-17-6-3-15(4-7-17)18-13-20(25)24-14-16(5-8-19(24)22-18)23-11-2-9-21-10-12-23/h3-8,13-14,21H,2,9-12H2,1H3. The predicted molar refractivity (Wildman–Crippen MR) is 103 cm³/mol. The van der Waals surface area contributed by atoms with Crippen LogP contribution in [0.25, 0.3) is 16.9 Å². The second-order valence-electron chi connectivity index (χ2n) is 6.41. The number of methoxy groups -OCH3 is 1. The van der Waals surface area contributed by atoms with Crippen molar-refractivity contribution in [3.05, 3.63) is 59.0 Å². The second-order valence-corrected chi connectivity index (χ2v) is 6.41. The zero-order valence-electron chi connectivity index (χ0n) is 14.8. The van der Waals surface area contributed by atoms with Crippen LogP contribution in [0.4, 0.5) is 5.69 Å². The molecular weight excluding hydrogens is 328 g/mol. The molecule has 0 saturated carbocycles. The number of ether oxygens (including phenoxy) is 1. The lowest BCUT2D eigenvalue weighted by Gasteiger charge is -2.22. The number of pyridine rings is 1. The van der Waals surface area contributed by atoms with Gasteiger partial charge in [-0.25, -0.2) is 4.98 Å². The van der Waals surface area contributed by atoms with Gasteiger partial charge in [-0.2, -0.15) is 0 Å². The minimum atomic E-state index is -0.0735. The van der Waals surface area contributed by atoms with Crippen molar-refractivity contribution in [1.29, 1.82) is 0 Å². The van der Waals surface area contributed by atoms with E-state index in [-0.39, 0.29) is 5.56 Å². The second kappa shape index (κ2) is 7.17. The lowest BCUT2D eigenvalue weighted by molar-refractivity contribution is 0.415. The molecule has 2 aromatic heterocycles. The molecule has 1 aliphatic rings. The van der Waals surface area contributed by atoms with E-state index in [1.807, 2.05) is 42.6 Å². The van der Waals surface area contributed by atoms with Crippen LogP contribution < -0.4 is 20.5 Å². The van der Waals surface area contributed by atoms with E-state index in [0.717, 1.165) is 49.6 Å². The number of anilines is 1. The summed E-state index contributed by atoms with van der Waals surface area (Å²) < 4.78 is 6.81. The summed E-state index contributed by atoms with van der Waals surface area (Å²) in [4.78, 5) is 19.6. The summed E-state index contributed by atoms with van der Waals surface area (Å²) in [5, 5.41) is 3.40. The van der Waals surface area contributed by atoms with E-state index in [4.69, 9.17) is 4.74 Å². The molecule has 1 N–H and O–H groups in total. The van der Waals surface area contributed by atoms with E-state index in [1.54, 1.807) is 17.6 Å². The zero-order chi connectivity index (χ0) is 17.9. The Kier molecular flexibility index (Phi) is 4.58. The van der Waals surface area contributed by atoms with Gasteiger partial charge >= 0.3 is 0 Å². The van der Waals surface area contributed by atoms with E-state index >= 15 is 0 Å². The number of benzene rings is 1. The maximum Gasteiger partial charge on any atom is 0.258 e. The molecule has 6 nitrogen and oxygen atoms in total. The molecule has 4 rings (SSSR count). The van der Waals surface area contributed by atoms with Gasteiger partial charge in [0.2, 0.25) is 0 Å². The van der Waals surface area contributed by atoms with Crippen molar-refractivity contribution in [3.8, 4) is 17.0 Å². The number of nitrogens with zero attached hydrogens (tertiary/aromatic N) is 3. The number of hydrogen-bond acceptors (Lipinski definition) is 5. The molecule has 0 amide bonds. The summed E-state index contributed by atoms with van der Waals surface area (Å²) in [5.74, 6) is 0.780. The van der Waals surface area contributed by atoms with E-state index in [9.17, 15) is 4.79 Å². The maximum atomic E-state index is 12.7. The number of rotatable bonds is 3. The minimum Gasteiger partial charge on any atom is -0.497 e. The number of aromatic nitrogens is 2. The van der Waals surface area contributed by atoms with Crippen molar-refractivity contribution >= 4 is 11.3 Å². The average molecular weight is 350 g/mol. The molecule has 0 unspecified atom stereocenters. The highest BCUT2D eigenvalue weighted by atomic mass is 16.5. The van der Waals surface area contributed by atoms with Gasteiger partial charge < -0.3 is 15.0 Å². The van der Waals surface area contributed by atoms with Gasteiger partial charge in [0.1, 0.15) is 11.4 Å². The fourth-order valence-electron chi connectivity index (χ4n) is 3.29. The van der Waals surface area contributed by atoms with Crippen LogP contribution in [0.3, 0.4) is 0 Å². The molecule has 0 bridgehead atoms. The smallest absolute Gasteiger partial charge is 0.258 e. The van der Waals surface area contributed by atoms with Crippen molar-refractivity contribution < 1.29 is 4.74 Å². The molecule has 3 aromatic rings. The number of hydrogen-bond donors (Lipinski definition) is 1. The molecular formula is C20H22N4O2. The Morgan fingerprint density at radius 2 is 1.92 bits per heavy atom. The van der Waals surface area contributed by atoms with Gasteiger partial charge in [-0.15, -0.1) is 0 Å². The highest BCUT2D eigenvalue weighted by molar-refractivity contribution is 5.63. The Morgan fingerprint density at radius 3 is 2.73 bits per heavy atom. The van der Waals surface area contributed by atoms with Crippen LogP contribution in [0.1, 0.15) is 6.42 Å². The largest absolute Gasteiger partial charge is 0.497 e. The summed E-state index contributed by atoms with van der Waals surface area (Å²) in [6.07, 6.45) is 3.00. The van der Waals surface area contributed by atoms with Crippen LogP contribution in [0.5, 0.6) is 5.75 Å². The first kappa shape index (κ1) is 16.6. The molecule has 1 fully saturated rings. The monoisotopic (exact) mass is 350 g/mol. The van der Waals surface area contributed by atoms with Crippen LogP contribution in [0.2, 0.25) is 0 Å². The molecule has 0 atom stereocenters. The molecule has 134 valence electrons. The van der Waals surface area contributed by atoms with Crippen LogP contribution in [0, 0.1) is 0 Å². The highest BCUT2D eigenvalue weighted by Crippen LogP contribution is 2.21. The Bertz CT molecular complexity index is 958. The highest BCUT2D eigenvalue weighted by Gasteiger charge is 2.11. The van der Waals surface area contributed by atoms with Gasteiger partial charge in [-0.05, 0) is 49.4 Å². The third-order valence-electron chi connectivity index (χ3n) is 4.73. The maximum absolute atomic E-state index is 12.7. The van der Waals surface area contributed by atoms with Crippen LogP contribution in [-0.2, 0) is 0 Å². The van der Waals surface area contributed by atoms with E-state index in [1.165, 1.54) is 0 Å². The number of fused-ring (bicyclic) bond motifs is 1. The molecule has 3 heterocycles. The predicted octanol–water partition coefficient (Wildman–Crippen LogP) is 2.17. The Morgan fingerprint density at radius 1 is 1.08 bits per heavy atom. The third-order valence-corrected chi connectivity index (χ3v) is 4.73. The van der Waals surface area contributed by atoms with Gasteiger partial charge in [0.15, 0.2) is 0 Å². The van der Waals surface area contributed by atoms with E-state index in [2.05, 4.69) is 15.2 Å². The summed E-state index contributed by atoms with van der Waals surface area (Å²) in [6.45, 7) is 3.93. The van der Waals surface area contributed by atoms with Crippen molar-refractivity contribution in [2.75, 3.05) is 38.2 Å². The normalized spacial score (nSPS) is 15.0. The lowest BCUT2D eigenvalue weighted by Crippen LogP contribution is -2.28. The minimum absolute atomic E-state index is 0.0735. The molecule has 0 aliphatic carbocycles. The fraction of sp³-hybridized carbons (Fsp3) is 0.300. The van der Waals surface area contributed by atoms with Crippen LogP contribution in [-0.4, -0.2) is 42.7 Å². The van der Waals surface area contributed by atoms with Crippen LogP contribution in [0.15, 0.2) is 53.5 Å². The first-order chi connectivity index (χ1) is 12.7. The van der Waals surface area contributed by atoms with Gasteiger partial charge in [0.25, 0.3) is 5.56 Å². The SMILES string of the molecule is COc1ccc(-c2cc(=O)n3cc(N4CCCNCC4)ccc3n2)cc1. The Hall–Kier alpha value is -2.86. The van der Waals surface area contributed by atoms with Gasteiger partial charge in [0, 0.05) is 37.5 Å². The molecule has 1 aliphatic heterocycles. The topological polar surface area (TPSA) is 58.9 Å². The lowest BCUT2D eigenvalue weighted by atomic mass is 10.1. The molecule has 0 spiro atoms. The van der Waals surface area contributed by atoms with Gasteiger partial charge in [-0.3, -0.25) is 9.20 Å². The first-order valence-electron chi connectivity index (χ1n) is 8.88. The van der Waals surface area contributed by atoms with Crippen molar-refractivity contribution in [2.45, 2.75) is 6.42 Å². The Balaban J connectivity index is 1.71. The van der Waals surface area contributed by atoms with Crippen LogP contribution >= 0.6 is 0 Å². The van der Waals surface area contributed by atoms with Crippen molar-refractivity contribution in [3.63, 3.8) is 0 Å². The van der Waals surface area contributed by atoms with Crippen molar-refractivity contribution in [1.82, 2.24) is 14.7 Å². The fourth-order valence-corrected chi connectivity index (χ4v) is 3.29. The summed E-state index contributed by atoms with van der Waals surface area (Å²) in [7, 11) is 1.63. The zero-order valence-corrected chi connectivity index (χ0v) is 14.8. The Labute approximate surface area is 152 Å². The summed E-state index contributed by atoms with van der Waals surface area (Å²) >= 11 is 0. The molecule has 0 radical (unpaired) electrons. The molecule has 26 heavy (non-hydrogen) atoms. The van der Waals surface area contributed by atoms with Crippen molar-refractivity contribution in [2.24, 2.45) is 0 Å².